The van der Waals surface area contributed by atoms with E-state index in [1.807, 2.05) is 30.3 Å². The van der Waals surface area contributed by atoms with Crippen LogP contribution in [-0.2, 0) is 0 Å². The molecule has 0 fully saturated rings. The smallest absolute Gasteiger partial charge is 0.129 e. The van der Waals surface area contributed by atoms with E-state index in [4.69, 9.17) is 17.3 Å². The molecule has 0 bridgehead atoms. The summed E-state index contributed by atoms with van der Waals surface area (Å²) in [5.41, 5.74) is 6.37. The number of hydrogen-bond donors (Lipinski definition) is 1. The molecule has 0 unspecified atom stereocenters. The van der Waals surface area contributed by atoms with Crippen LogP contribution in [-0.4, -0.2) is 0 Å². The minimum atomic E-state index is -0.332. The van der Waals surface area contributed by atoms with Gasteiger partial charge in [-0.2, -0.15) is 0 Å². The van der Waals surface area contributed by atoms with Crippen molar-refractivity contribution in [1.29, 1.82) is 0 Å². The predicted octanol–water partition coefficient (Wildman–Crippen LogP) is 4.65. The highest BCUT2D eigenvalue weighted by atomic mass is 35.5. The summed E-state index contributed by atoms with van der Waals surface area (Å²) in [5, 5.41) is 0.686. The molecule has 2 N–H and O–H groups in total. The average molecular weight is 282 g/mol. The third-order valence-corrected chi connectivity index (χ3v) is 3.85. The second kappa shape index (κ2) is 5.74. The van der Waals surface area contributed by atoms with Gasteiger partial charge in [0.2, 0.25) is 0 Å². The molecule has 2 rings (SSSR count). The normalized spacial score (nSPS) is 12.4. The molecular formula is C14H13ClFNS. The Balaban J connectivity index is 2.34. The van der Waals surface area contributed by atoms with E-state index in [9.17, 15) is 4.39 Å². The van der Waals surface area contributed by atoms with Gasteiger partial charge >= 0.3 is 0 Å². The molecule has 0 amide bonds. The molecule has 0 aliphatic rings. The molecule has 1 nitrogen and oxygen atoms in total. The van der Waals surface area contributed by atoms with Crippen LogP contribution in [0.15, 0.2) is 52.3 Å². The highest BCUT2D eigenvalue weighted by Crippen LogP contribution is 2.34. The van der Waals surface area contributed by atoms with E-state index in [1.165, 1.54) is 17.8 Å². The van der Waals surface area contributed by atoms with Gasteiger partial charge in [0.05, 0.1) is 0 Å². The van der Waals surface area contributed by atoms with Crippen LogP contribution in [0.1, 0.15) is 18.5 Å². The summed E-state index contributed by atoms with van der Waals surface area (Å²) >= 11 is 7.32. The third kappa shape index (κ3) is 3.05. The summed E-state index contributed by atoms with van der Waals surface area (Å²) in [6, 6.07) is 12.1. The van der Waals surface area contributed by atoms with Crippen molar-refractivity contribution in [2.75, 3.05) is 0 Å². The molecule has 0 saturated carbocycles. The molecule has 0 radical (unpaired) electrons. The van der Waals surface area contributed by atoms with Crippen LogP contribution in [0.25, 0.3) is 0 Å². The van der Waals surface area contributed by atoms with Crippen molar-refractivity contribution in [3.05, 3.63) is 58.9 Å². The summed E-state index contributed by atoms with van der Waals surface area (Å²) in [5.74, 6) is -0.260. The Labute approximate surface area is 115 Å². The molecule has 0 heterocycles. The van der Waals surface area contributed by atoms with Crippen LogP contribution < -0.4 is 5.73 Å². The van der Waals surface area contributed by atoms with Gasteiger partial charge in [0.25, 0.3) is 0 Å². The van der Waals surface area contributed by atoms with Crippen molar-refractivity contribution in [2.45, 2.75) is 22.8 Å². The first-order chi connectivity index (χ1) is 8.58. The molecule has 0 aliphatic heterocycles. The van der Waals surface area contributed by atoms with Gasteiger partial charge in [0.1, 0.15) is 5.82 Å². The van der Waals surface area contributed by atoms with Crippen LogP contribution in [0.2, 0.25) is 5.02 Å². The van der Waals surface area contributed by atoms with Crippen molar-refractivity contribution < 1.29 is 4.39 Å². The number of hydrogen-bond acceptors (Lipinski definition) is 2. The summed E-state index contributed by atoms with van der Waals surface area (Å²) in [7, 11) is 0. The Kier molecular flexibility index (Phi) is 4.27. The second-order valence-electron chi connectivity index (χ2n) is 4.00. The van der Waals surface area contributed by atoms with Crippen molar-refractivity contribution >= 4 is 23.4 Å². The van der Waals surface area contributed by atoms with Crippen LogP contribution in [0, 0.1) is 5.82 Å². The zero-order valence-electron chi connectivity index (χ0n) is 9.86. The molecule has 0 aliphatic carbocycles. The lowest BCUT2D eigenvalue weighted by atomic mass is 10.1. The lowest BCUT2D eigenvalue weighted by Gasteiger charge is -2.13. The average Bonchev–Trinajstić information content (AvgIpc) is 2.32. The van der Waals surface area contributed by atoms with Crippen LogP contribution >= 0.6 is 23.4 Å². The maximum Gasteiger partial charge on any atom is 0.129 e. The van der Waals surface area contributed by atoms with E-state index in [1.54, 1.807) is 13.0 Å². The number of halogens is 2. The van der Waals surface area contributed by atoms with E-state index < -0.39 is 0 Å². The standard InChI is InChI=1S/C14H13ClFNS/c1-9(17)14-12(16)3-2-4-13(14)18-11-7-5-10(15)6-8-11/h2-9H,17H2,1H3/t9-/m0/s1. The molecule has 0 aromatic heterocycles. The second-order valence-corrected chi connectivity index (χ2v) is 5.55. The monoisotopic (exact) mass is 281 g/mol. The summed E-state index contributed by atoms with van der Waals surface area (Å²) in [4.78, 5) is 1.85. The largest absolute Gasteiger partial charge is 0.324 e. The fraction of sp³-hybridized carbons (Fsp3) is 0.143. The van der Waals surface area contributed by atoms with Crippen LogP contribution in [0.4, 0.5) is 4.39 Å². The maximum atomic E-state index is 13.8. The van der Waals surface area contributed by atoms with Crippen molar-refractivity contribution in [3.63, 3.8) is 0 Å². The molecule has 4 heteroatoms. The number of rotatable bonds is 3. The number of nitrogens with two attached hydrogens (primary N) is 1. The Morgan fingerprint density at radius 3 is 2.44 bits per heavy atom. The molecule has 18 heavy (non-hydrogen) atoms. The van der Waals surface area contributed by atoms with Gasteiger partial charge in [-0.25, -0.2) is 4.39 Å². The third-order valence-electron chi connectivity index (χ3n) is 2.51. The van der Waals surface area contributed by atoms with E-state index in [2.05, 4.69) is 0 Å². The van der Waals surface area contributed by atoms with Gasteiger partial charge in [-0.15, -0.1) is 0 Å². The molecule has 0 saturated heterocycles. The van der Waals surface area contributed by atoms with Crippen molar-refractivity contribution in [1.82, 2.24) is 0 Å². The molecule has 0 spiro atoms. The van der Waals surface area contributed by atoms with Crippen molar-refractivity contribution in [2.24, 2.45) is 5.73 Å². The maximum absolute atomic E-state index is 13.8. The Morgan fingerprint density at radius 2 is 1.83 bits per heavy atom. The molecular weight excluding hydrogens is 269 g/mol. The van der Waals surface area contributed by atoms with Crippen LogP contribution in [0.5, 0.6) is 0 Å². The first-order valence-corrected chi connectivity index (χ1v) is 6.75. The predicted molar refractivity (Wildman–Crippen MR) is 74.6 cm³/mol. The molecule has 2 aromatic rings. The van der Waals surface area contributed by atoms with E-state index >= 15 is 0 Å². The molecule has 2 aromatic carbocycles. The lowest BCUT2D eigenvalue weighted by molar-refractivity contribution is 0.585. The highest BCUT2D eigenvalue weighted by Gasteiger charge is 2.13. The molecule has 1 atom stereocenters. The topological polar surface area (TPSA) is 26.0 Å². The van der Waals surface area contributed by atoms with Gasteiger partial charge in [0.15, 0.2) is 0 Å². The SMILES string of the molecule is C[C@H](N)c1c(F)cccc1Sc1ccc(Cl)cc1. The first kappa shape index (κ1) is 13.4. The van der Waals surface area contributed by atoms with Gasteiger partial charge in [-0.3, -0.25) is 0 Å². The van der Waals surface area contributed by atoms with E-state index in [0.29, 0.717) is 10.6 Å². The zero-order chi connectivity index (χ0) is 13.1. The quantitative estimate of drug-likeness (QED) is 0.886. The zero-order valence-corrected chi connectivity index (χ0v) is 11.4. The summed E-state index contributed by atoms with van der Waals surface area (Å²) in [6.45, 7) is 1.78. The van der Waals surface area contributed by atoms with Gasteiger partial charge < -0.3 is 5.73 Å². The Morgan fingerprint density at radius 1 is 1.17 bits per heavy atom. The highest BCUT2D eigenvalue weighted by molar-refractivity contribution is 7.99. The number of benzene rings is 2. The van der Waals surface area contributed by atoms with Crippen LogP contribution in [0.3, 0.4) is 0 Å². The lowest BCUT2D eigenvalue weighted by Crippen LogP contribution is -2.08. The Bertz CT molecular complexity index is 540. The summed E-state index contributed by atoms with van der Waals surface area (Å²) in [6.07, 6.45) is 0. The molecule has 94 valence electrons. The minimum absolute atomic E-state index is 0.260. The fourth-order valence-corrected chi connectivity index (χ4v) is 2.87. The van der Waals surface area contributed by atoms with Gasteiger partial charge in [0, 0.05) is 26.4 Å². The van der Waals surface area contributed by atoms with Gasteiger partial charge in [-0.05, 0) is 43.3 Å². The fourth-order valence-electron chi connectivity index (χ4n) is 1.68. The van der Waals surface area contributed by atoms with E-state index in [0.717, 1.165) is 9.79 Å². The van der Waals surface area contributed by atoms with Crippen molar-refractivity contribution in [3.8, 4) is 0 Å². The summed E-state index contributed by atoms with van der Waals surface area (Å²) < 4.78 is 13.8. The minimum Gasteiger partial charge on any atom is -0.324 e. The van der Waals surface area contributed by atoms with Gasteiger partial charge in [-0.1, -0.05) is 29.4 Å². The Hall–Kier alpha value is -1.03. The first-order valence-electron chi connectivity index (χ1n) is 5.55. The van der Waals surface area contributed by atoms with E-state index in [-0.39, 0.29) is 11.9 Å².